The molecule has 1 aromatic carbocycles. The molecular formula is C11H9BrClF6NO. The van der Waals surface area contributed by atoms with Crippen LogP contribution in [0.25, 0.3) is 0 Å². The van der Waals surface area contributed by atoms with E-state index in [1.807, 2.05) is 0 Å². The van der Waals surface area contributed by atoms with E-state index in [1.165, 1.54) is 0 Å². The van der Waals surface area contributed by atoms with Gasteiger partial charge in [-0.05, 0) is 28.1 Å². The molecule has 0 heterocycles. The van der Waals surface area contributed by atoms with Crippen LogP contribution in [-0.4, -0.2) is 23.6 Å². The van der Waals surface area contributed by atoms with Crippen LogP contribution in [0.2, 0.25) is 0 Å². The zero-order chi connectivity index (χ0) is 16.4. The van der Waals surface area contributed by atoms with E-state index in [2.05, 4.69) is 21.2 Å². The SMILES string of the molecule is OC(CCl)CNc1cc(C(F)(F)F)cc(C(F)(F)F)c1Br. The van der Waals surface area contributed by atoms with Crippen LogP contribution in [-0.2, 0) is 12.4 Å². The lowest BCUT2D eigenvalue weighted by molar-refractivity contribution is -0.143. The molecule has 1 rings (SSSR count). The van der Waals surface area contributed by atoms with Crippen molar-refractivity contribution in [1.82, 2.24) is 0 Å². The molecule has 0 fully saturated rings. The molecule has 0 saturated heterocycles. The maximum atomic E-state index is 12.8. The van der Waals surface area contributed by atoms with E-state index in [0.717, 1.165) is 0 Å². The molecule has 120 valence electrons. The first-order valence-corrected chi connectivity index (χ1v) is 6.75. The minimum absolute atomic E-state index is 0.0211. The second-order valence-electron chi connectivity index (χ2n) is 4.07. The molecule has 0 aliphatic carbocycles. The van der Waals surface area contributed by atoms with Gasteiger partial charge in [0.25, 0.3) is 0 Å². The predicted molar refractivity (Wildman–Crippen MR) is 69.4 cm³/mol. The van der Waals surface area contributed by atoms with Crippen molar-refractivity contribution in [2.45, 2.75) is 18.5 Å². The largest absolute Gasteiger partial charge is 0.417 e. The number of benzene rings is 1. The van der Waals surface area contributed by atoms with Crippen LogP contribution in [0.5, 0.6) is 0 Å². The molecule has 0 aromatic heterocycles. The van der Waals surface area contributed by atoms with E-state index in [0.29, 0.717) is 6.07 Å². The molecule has 1 atom stereocenters. The second-order valence-corrected chi connectivity index (χ2v) is 5.17. The van der Waals surface area contributed by atoms with Crippen molar-refractivity contribution >= 4 is 33.2 Å². The fourth-order valence-electron chi connectivity index (χ4n) is 1.41. The lowest BCUT2D eigenvalue weighted by Crippen LogP contribution is -2.22. The number of hydrogen-bond acceptors (Lipinski definition) is 2. The maximum absolute atomic E-state index is 12.8. The minimum atomic E-state index is -4.96. The first-order chi connectivity index (χ1) is 9.46. The Morgan fingerprint density at radius 3 is 2.14 bits per heavy atom. The third-order valence-electron chi connectivity index (χ3n) is 2.41. The molecule has 0 aliphatic heterocycles. The first-order valence-electron chi connectivity index (χ1n) is 5.42. The summed E-state index contributed by atoms with van der Waals surface area (Å²) in [5, 5.41) is 11.5. The highest BCUT2D eigenvalue weighted by atomic mass is 79.9. The van der Waals surface area contributed by atoms with E-state index in [9.17, 15) is 31.4 Å². The average Bonchev–Trinajstić information content (AvgIpc) is 2.34. The van der Waals surface area contributed by atoms with Crippen LogP contribution in [0.3, 0.4) is 0 Å². The molecule has 2 nitrogen and oxygen atoms in total. The number of alkyl halides is 7. The van der Waals surface area contributed by atoms with Crippen LogP contribution in [0.1, 0.15) is 11.1 Å². The third kappa shape index (κ3) is 4.93. The molecule has 0 saturated carbocycles. The number of hydrogen-bond donors (Lipinski definition) is 2. The molecule has 0 aliphatic rings. The van der Waals surface area contributed by atoms with Gasteiger partial charge < -0.3 is 10.4 Å². The highest BCUT2D eigenvalue weighted by molar-refractivity contribution is 9.10. The highest BCUT2D eigenvalue weighted by Crippen LogP contribution is 2.42. The number of aliphatic hydroxyl groups excluding tert-OH is 1. The smallest absolute Gasteiger partial charge is 0.390 e. The summed E-state index contributed by atoms with van der Waals surface area (Å²) in [7, 11) is 0. The second kappa shape index (κ2) is 6.62. The first kappa shape index (κ1) is 18.4. The molecule has 2 N–H and O–H groups in total. The number of rotatable bonds is 4. The Labute approximate surface area is 129 Å². The Balaban J connectivity index is 3.29. The molecule has 0 amide bonds. The minimum Gasteiger partial charge on any atom is -0.390 e. The van der Waals surface area contributed by atoms with Crippen molar-refractivity contribution in [2.75, 3.05) is 17.7 Å². The van der Waals surface area contributed by atoms with E-state index in [4.69, 9.17) is 11.6 Å². The summed E-state index contributed by atoms with van der Waals surface area (Å²) in [6.07, 6.45) is -11.0. The Kier molecular flexibility index (Phi) is 5.79. The maximum Gasteiger partial charge on any atom is 0.417 e. The predicted octanol–water partition coefficient (Wildman–Crippen LogP) is 4.50. The summed E-state index contributed by atoms with van der Waals surface area (Å²) >= 11 is 7.93. The molecule has 1 unspecified atom stereocenters. The van der Waals surface area contributed by atoms with Crippen LogP contribution in [0, 0.1) is 0 Å². The van der Waals surface area contributed by atoms with Gasteiger partial charge in [-0.1, -0.05) is 0 Å². The molecular weight excluding hydrogens is 391 g/mol. The zero-order valence-electron chi connectivity index (χ0n) is 10.1. The monoisotopic (exact) mass is 399 g/mol. The fourth-order valence-corrected chi connectivity index (χ4v) is 2.11. The molecule has 10 heteroatoms. The number of aliphatic hydroxyl groups is 1. The quantitative estimate of drug-likeness (QED) is 0.576. The average molecular weight is 401 g/mol. The standard InChI is InChI=1S/C11H9BrClF6NO/c12-9-7(11(17,18)19)1-5(10(14,15)16)2-8(9)20-4-6(21)3-13/h1-2,6,20-21H,3-4H2. The fraction of sp³-hybridized carbons (Fsp3) is 0.455. The van der Waals surface area contributed by atoms with Gasteiger partial charge in [-0.25, -0.2) is 0 Å². The van der Waals surface area contributed by atoms with Gasteiger partial charge in [0.1, 0.15) is 0 Å². The summed E-state index contributed by atoms with van der Waals surface area (Å²) in [4.78, 5) is 0. The van der Waals surface area contributed by atoms with Crippen molar-refractivity contribution < 1.29 is 31.4 Å². The van der Waals surface area contributed by atoms with Gasteiger partial charge in [0.05, 0.1) is 27.6 Å². The van der Waals surface area contributed by atoms with Crippen LogP contribution in [0.15, 0.2) is 16.6 Å². The summed E-state index contributed by atoms with van der Waals surface area (Å²) < 4.78 is 75.7. The van der Waals surface area contributed by atoms with Gasteiger partial charge in [-0.2, -0.15) is 26.3 Å². The van der Waals surface area contributed by atoms with Crippen LogP contribution >= 0.6 is 27.5 Å². The summed E-state index contributed by atoms with van der Waals surface area (Å²) in [6, 6.07) is 0.549. The van der Waals surface area contributed by atoms with Crippen molar-refractivity contribution in [3.63, 3.8) is 0 Å². The molecule has 1 aromatic rings. The van der Waals surface area contributed by atoms with Crippen LogP contribution in [0.4, 0.5) is 32.0 Å². The van der Waals surface area contributed by atoms with E-state index >= 15 is 0 Å². The zero-order valence-corrected chi connectivity index (χ0v) is 12.5. The van der Waals surface area contributed by atoms with E-state index in [1.54, 1.807) is 0 Å². The van der Waals surface area contributed by atoms with Crippen molar-refractivity contribution in [1.29, 1.82) is 0 Å². The van der Waals surface area contributed by atoms with Crippen molar-refractivity contribution in [2.24, 2.45) is 0 Å². The summed E-state index contributed by atoms with van der Waals surface area (Å²) in [6.45, 7) is -0.291. The molecule has 0 radical (unpaired) electrons. The Morgan fingerprint density at radius 2 is 1.71 bits per heavy atom. The molecule has 0 bridgehead atoms. The van der Waals surface area contributed by atoms with Gasteiger partial charge in [-0.15, -0.1) is 11.6 Å². The van der Waals surface area contributed by atoms with E-state index < -0.39 is 39.7 Å². The van der Waals surface area contributed by atoms with Gasteiger partial charge in [0.15, 0.2) is 0 Å². The van der Waals surface area contributed by atoms with Gasteiger partial charge in [-0.3, -0.25) is 0 Å². The third-order valence-corrected chi connectivity index (χ3v) is 3.62. The lowest BCUT2D eigenvalue weighted by Gasteiger charge is -2.18. The normalized spacial score (nSPS) is 14.1. The van der Waals surface area contributed by atoms with Crippen molar-refractivity contribution in [3.8, 4) is 0 Å². The van der Waals surface area contributed by atoms with Crippen molar-refractivity contribution in [3.05, 3.63) is 27.7 Å². The molecule has 0 spiro atoms. The number of nitrogens with one attached hydrogen (secondary N) is 1. The Morgan fingerprint density at radius 1 is 1.14 bits per heavy atom. The molecule has 21 heavy (non-hydrogen) atoms. The Bertz CT molecular complexity index is 505. The van der Waals surface area contributed by atoms with Crippen LogP contribution < -0.4 is 5.32 Å². The topological polar surface area (TPSA) is 32.3 Å². The Hall–Kier alpha value is -0.670. The number of anilines is 1. The van der Waals surface area contributed by atoms with E-state index in [-0.39, 0.29) is 18.5 Å². The number of halogens is 8. The summed E-state index contributed by atoms with van der Waals surface area (Å²) in [5.41, 5.74) is -3.33. The van der Waals surface area contributed by atoms with Gasteiger partial charge in [0.2, 0.25) is 0 Å². The summed E-state index contributed by atoms with van der Waals surface area (Å²) in [5.74, 6) is -0.213. The highest BCUT2D eigenvalue weighted by Gasteiger charge is 2.39. The van der Waals surface area contributed by atoms with Gasteiger partial charge >= 0.3 is 12.4 Å². The van der Waals surface area contributed by atoms with Gasteiger partial charge in [0, 0.05) is 12.2 Å². The lowest BCUT2D eigenvalue weighted by atomic mass is 10.1.